The lowest BCUT2D eigenvalue weighted by molar-refractivity contribution is 0.0599. The van der Waals surface area contributed by atoms with Crippen molar-refractivity contribution in [2.75, 3.05) is 12.4 Å². The number of carbonyl (C=O) groups is 1. The van der Waals surface area contributed by atoms with E-state index in [1.165, 1.54) is 7.11 Å². The van der Waals surface area contributed by atoms with Crippen molar-refractivity contribution < 1.29 is 17.9 Å². The highest BCUT2D eigenvalue weighted by Crippen LogP contribution is 2.21. The molecule has 0 saturated heterocycles. The van der Waals surface area contributed by atoms with Crippen LogP contribution in [0.15, 0.2) is 30.5 Å². The number of nitrogens with one attached hydrogen (secondary N) is 1. The number of fused-ring (bicyclic) bond motifs is 1. The fraction of sp³-hybridized carbons (Fsp3) is 0.333. The number of aromatic nitrogens is 4. The number of anilines is 1. The summed E-state index contributed by atoms with van der Waals surface area (Å²) in [6, 6.07) is 7.32. The Kier molecular flexibility index (Phi) is 7.33. The molecular formula is C18H21N5O4S. The zero-order valence-corrected chi connectivity index (χ0v) is 16.8. The second-order valence-corrected chi connectivity index (χ2v) is 6.29. The molecule has 10 heteroatoms. The van der Waals surface area contributed by atoms with E-state index in [9.17, 15) is 4.79 Å². The number of esters is 1. The van der Waals surface area contributed by atoms with E-state index < -0.39 is 11.6 Å². The van der Waals surface area contributed by atoms with Crippen LogP contribution in [0.2, 0.25) is 0 Å². The van der Waals surface area contributed by atoms with Crippen molar-refractivity contribution in [3.05, 3.63) is 53.0 Å². The van der Waals surface area contributed by atoms with E-state index in [0.717, 1.165) is 16.8 Å². The van der Waals surface area contributed by atoms with Gasteiger partial charge >= 0.3 is 17.5 Å². The van der Waals surface area contributed by atoms with Gasteiger partial charge in [0.1, 0.15) is 5.82 Å². The van der Waals surface area contributed by atoms with Crippen molar-refractivity contribution in [1.82, 2.24) is 19.6 Å². The number of ether oxygens (including phenoxy) is 1. The summed E-state index contributed by atoms with van der Waals surface area (Å²) < 4.78 is 23.1. The zero-order valence-electron chi connectivity index (χ0n) is 16.0. The quantitative estimate of drug-likeness (QED) is 0.645. The van der Waals surface area contributed by atoms with Crippen LogP contribution < -0.4 is 5.32 Å². The van der Waals surface area contributed by atoms with E-state index in [1.807, 2.05) is 31.3 Å². The average Bonchev–Trinajstić information content (AvgIpc) is 3.10. The topological polar surface area (TPSA) is 116 Å². The molecule has 0 saturated carbocycles. The minimum absolute atomic E-state index is 0.319. The summed E-state index contributed by atoms with van der Waals surface area (Å²) in [6.45, 7) is 6.49. The lowest BCUT2D eigenvalue weighted by Gasteiger charge is -2.11. The van der Waals surface area contributed by atoms with Crippen molar-refractivity contribution in [3.63, 3.8) is 0 Å². The molecule has 2 aromatic heterocycles. The molecule has 28 heavy (non-hydrogen) atoms. The van der Waals surface area contributed by atoms with Crippen LogP contribution in [0.3, 0.4) is 0 Å². The standard InChI is InChI=1S/C18H21N5O2.O2S/c1-11(2)15-10-20-23-16(15)21-12(3)22-18(23)19-9-13-7-5-6-8-14(13)17(24)25-4;1-3-2/h5-8,10-11H,9H2,1-4H3,(H,19,21,22);. The third kappa shape index (κ3) is 4.77. The summed E-state index contributed by atoms with van der Waals surface area (Å²) in [6.07, 6.45) is 1.82. The lowest BCUT2D eigenvalue weighted by atomic mass is 10.1. The maximum atomic E-state index is 11.9. The Morgan fingerprint density at radius 1 is 1.25 bits per heavy atom. The van der Waals surface area contributed by atoms with Crippen molar-refractivity contribution in [1.29, 1.82) is 0 Å². The fourth-order valence-corrected chi connectivity index (χ4v) is 2.68. The van der Waals surface area contributed by atoms with E-state index in [0.29, 0.717) is 29.8 Å². The number of aryl methyl sites for hydroxylation is 1. The van der Waals surface area contributed by atoms with E-state index >= 15 is 0 Å². The summed E-state index contributed by atoms with van der Waals surface area (Å²) in [5.74, 6) is 1.22. The predicted octanol–water partition coefficient (Wildman–Crippen LogP) is 2.28. The summed E-state index contributed by atoms with van der Waals surface area (Å²) in [4.78, 5) is 20.8. The van der Waals surface area contributed by atoms with Gasteiger partial charge in [-0.25, -0.2) is 9.78 Å². The summed E-state index contributed by atoms with van der Waals surface area (Å²) in [7, 11) is 1.38. The zero-order chi connectivity index (χ0) is 20.7. The van der Waals surface area contributed by atoms with Crippen LogP contribution >= 0.6 is 0 Å². The van der Waals surface area contributed by atoms with Gasteiger partial charge < -0.3 is 10.1 Å². The van der Waals surface area contributed by atoms with E-state index in [-0.39, 0.29) is 5.97 Å². The van der Waals surface area contributed by atoms with Gasteiger partial charge in [-0.15, -0.1) is 0 Å². The first-order valence-corrected chi connectivity index (χ1v) is 9.13. The second-order valence-electron chi connectivity index (χ2n) is 6.15. The van der Waals surface area contributed by atoms with E-state index in [2.05, 4.69) is 34.2 Å². The number of carbonyl (C=O) groups excluding carboxylic acids is 1. The van der Waals surface area contributed by atoms with Crippen LogP contribution in [-0.2, 0) is 22.9 Å². The molecule has 0 aliphatic heterocycles. The first-order chi connectivity index (χ1) is 13.4. The molecular weight excluding hydrogens is 382 g/mol. The largest absolute Gasteiger partial charge is 0.465 e. The molecule has 3 rings (SSSR count). The first-order valence-electron chi connectivity index (χ1n) is 8.47. The van der Waals surface area contributed by atoms with Gasteiger partial charge in [-0.2, -0.15) is 23.0 Å². The van der Waals surface area contributed by atoms with Gasteiger partial charge in [-0.05, 0) is 24.5 Å². The minimum Gasteiger partial charge on any atom is -0.465 e. The Hall–Kier alpha value is -3.14. The normalized spacial score (nSPS) is 10.3. The molecule has 0 spiro atoms. The van der Waals surface area contributed by atoms with Crippen LogP contribution in [0.1, 0.15) is 47.1 Å². The number of methoxy groups -OCH3 is 1. The molecule has 0 bridgehead atoms. The highest BCUT2D eigenvalue weighted by molar-refractivity contribution is 7.51. The van der Waals surface area contributed by atoms with Crippen molar-refractivity contribution >= 4 is 29.1 Å². The first kappa shape index (κ1) is 21.2. The minimum atomic E-state index is -0.750. The lowest BCUT2D eigenvalue weighted by Crippen LogP contribution is -2.13. The van der Waals surface area contributed by atoms with Gasteiger partial charge in [0.05, 0.1) is 18.9 Å². The van der Waals surface area contributed by atoms with Crippen LogP contribution in [-0.4, -0.2) is 41.1 Å². The van der Waals surface area contributed by atoms with Crippen molar-refractivity contribution in [3.8, 4) is 0 Å². The molecule has 3 aromatic rings. The van der Waals surface area contributed by atoms with E-state index in [4.69, 9.17) is 13.2 Å². The van der Waals surface area contributed by atoms with Gasteiger partial charge in [-0.1, -0.05) is 32.0 Å². The third-order valence-electron chi connectivity index (χ3n) is 3.99. The highest BCUT2D eigenvalue weighted by atomic mass is 32.1. The Morgan fingerprint density at radius 2 is 1.93 bits per heavy atom. The molecule has 0 atom stereocenters. The fourth-order valence-electron chi connectivity index (χ4n) is 2.68. The molecule has 0 amide bonds. The predicted molar refractivity (Wildman–Crippen MR) is 104 cm³/mol. The SMILES string of the molecule is COC(=O)c1ccccc1CNc1nc(C)nc2c(C(C)C)cnn12.O=S=O. The average molecular weight is 403 g/mol. The molecule has 9 nitrogen and oxygen atoms in total. The molecule has 0 radical (unpaired) electrons. The molecule has 0 fully saturated rings. The number of nitrogens with zero attached hydrogens (tertiary/aromatic N) is 4. The molecule has 2 heterocycles. The van der Waals surface area contributed by atoms with Gasteiger partial charge in [0, 0.05) is 12.1 Å². The monoisotopic (exact) mass is 403 g/mol. The third-order valence-corrected chi connectivity index (χ3v) is 3.99. The summed E-state index contributed by atoms with van der Waals surface area (Å²) >= 11 is -0.750. The smallest absolute Gasteiger partial charge is 0.338 e. The van der Waals surface area contributed by atoms with Gasteiger partial charge in [0.2, 0.25) is 5.95 Å². The maximum Gasteiger partial charge on any atom is 0.338 e. The van der Waals surface area contributed by atoms with Gasteiger partial charge in [0.25, 0.3) is 0 Å². The number of hydrogen-bond acceptors (Lipinski definition) is 8. The van der Waals surface area contributed by atoms with Crippen LogP contribution in [0.4, 0.5) is 5.95 Å². The Morgan fingerprint density at radius 3 is 2.57 bits per heavy atom. The number of benzene rings is 1. The van der Waals surface area contributed by atoms with Gasteiger partial charge in [-0.3, -0.25) is 0 Å². The maximum absolute atomic E-state index is 11.9. The highest BCUT2D eigenvalue weighted by Gasteiger charge is 2.15. The Balaban J connectivity index is 0.000000878. The van der Waals surface area contributed by atoms with Crippen LogP contribution in [0.25, 0.3) is 5.65 Å². The number of hydrogen-bond donors (Lipinski definition) is 1. The van der Waals surface area contributed by atoms with Crippen LogP contribution in [0.5, 0.6) is 0 Å². The van der Waals surface area contributed by atoms with Crippen molar-refractivity contribution in [2.45, 2.75) is 33.2 Å². The van der Waals surface area contributed by atoms with E-state index in [1.54, 1.807) is 10.6 Å². The van der Waals surface area contributed by atoms with Crippen LogP contribution in [0, 0.1) is 6.92 Å². The number of rotatable bonds is 5. The Labute approximate surface area is 165 Å². The Bertz CT molecular complexity index is 1010. The molecule has 1 N–H and O–H groups in total. The summed E-state index contributed by atoms with van der Waals surface area (Å²) in [5.41, 5.74) is 3.23. The second kappa shape index (κ2) is 9.70. The van der Waals surface area contributed by atoms with Gasteiger partial charge in [0.15, 0.2) is 5.65 Å². The summed E-state index contributed by atoms with van der Waals surface area (Å²) in [5, 5.41) is 7.66. The molecule has 1 aromatic carbocycles. The molecule has 0 aliphatic carbocycles. The molecule has 0 aliphatic rings. The molecule has 0 unspecified atom stereocenters. The molecule has 148 valence electrons. The van der Waals surface area contributed by atoms with Crippen molar-refractivity contribution in [2.24, 2.45) is 0 Å².